The number of aliphatic hydroxyl groups is 1. The number of nitrogens with zero attached hydrogens (tertiary/aromatic N) is 2. The summed E-state index contributed by atoms with van der Waals surface area (Å²) in [5.74, 6) is 1.56. The van der Waals surface area contributed by atoms with Crippen LogP contribution in [0.3, 0.4) is 0 Å². The van der Waals surface area contributed by atoms with Crippen molar-refractivity contribution in [3.8, 4) is 17.0 Å². The van der Waals surface area contributed by atoms with Crippen LogP contribution in [0.5, 0.6) is 5.75 Å². The summed E-state index contributed by atoms with van der Waals surface area (Å²) in [7, 11) is 0. The Bertz CT molecular complexity index is 1080. The first-order valence-electron chi connectivity index (χ1n) is 9.78. The molecular weight excluding hydrogens is 364 g/mol. The van der Waals surface area contributed by atoms with Crippen molar-refractivity contribution in [3.63, 3.8) is 0 Å². The minimum absolute atomic E-state index is 0.0478. The Kier molecular flexibility index (Phi) is 5.72. The fourth-order valence-corrected chi connectivity index (χ4v) is 3.47. The Morgan fingerprint density at radius 2 is 1.86 bits per heavy atom. The van der Waals surface area contributed by atoms with E-state index >= 15 is 0 Å². The zero-order chi connectivity index (χ0) is 20.1. The number of H-pyrrole nitrogens is 1. The lowest BCUT2D eigenvalue weighted by Crippen LogP contribution is -2.13. The van der Waals surface area contributed by atoms with Crippen molar-refractivity contribution < 1.29 is 9.84 Å². The second kappa shape index (κ2) is 8.75. The first-order chi connectivity index (χ1) is 14.3. The molecule has 0 saturated heterocycles. The predicted octanol–water partition coefficient (Wildman–Crippen LogP) is 4.56. The molecule has 0 saturated carbocycles. The highest BCUT2D eigenvalue weighted by molar-refractivity contribution is 5.92. The number of aromatic amines is 1. The third-order valence-corrected chi connectivity index (χ3v) is 4.83. The van der Waals surface area contributed by atoms with Gasteiger partial charge in [-0.3, -0.25) is 0 Å². The maximum atomic E-state index is 9.53. The van der Waals surface area contributed by atoms with Gasteiger partial charge in [0.1, 0.15) is 23.5 Å². The number of aromatic nitrogens is 3. The van der Waals surface area contributed by atoms with Crippen molar-refractivity contribution in [1.29, 1.82) is 0 Å². The second-order valence-electron chi connectivity index (χ2n) is 6.72. The molecule has 29 heavy (non-hydrogen) atoms. The molecule has 2 aromatic carbocycles. The quantitative estimate of drug-likeness (QED) is 0.412. The molecule has 0 spiro atoms. The van der Waals surface area contributed by atoms with Gasteiger partial charge in [-0.1, -0.05) is 42.5 Å². The third-order valence-electron chi connectivity index (χ3n) is 4.83. The van der Waals surface area contributed by atoms with Crippen LogP contribution in [-0.4, -0.2) is 33.3 Å². The zero-order valence-corrected chi connectivity index (χ0v) is 16.3. The van der Waals surface area contributed by atoms with E-state index in [1.54, 1.807) is 6.33 Å². The van der Waals surface area contributed by atoms with Crippen LogP contribution in [0.4, 0.5) is 5.82 Å². The van der Waals surface area contributed by atoms with E-state index in [-0.39, 0.29) is 12.6 Å². The Hall–Kier alpha value is -3.38. The molecule has 0 aliphatic carbocycles. The Balaban J connectivity index is 1.72. The molecule has 0 bridgehead atoms. The summed E-state index contributed by atoms with van der Waals surface area (Å²) in [5, 5.41) is 13.9. The minimum Gasteiger partial charge on any atom is -0.493 e. The Morgan fingerprint density at radius 3 is 2.66 bits per heavy atom. The molecule has 148 valence electrons. The average Bonchev–Trinajstić information content (AvgIpc) is 3.20. The van der Waals surface area contributed by atoms with Crippen LogP contribution < -0.4 is 10.1 Å². The van der Waals surface area contributed by atoms with Gasteiger partial charge in [0.05, 0.1) is 23.7 Å². The van der Waals surface area contributed by atoms with Crippen molar-refractivity contribution in [2.75, 3.05) is 18.5 Å². The molecule has 3 N–H and O–H groups in total. The largest absolute Gasteiger partial charge is 0.493 e. The molecule has 2 aromatic heterocycles. The van der Waals surface area contributed by atoms with Gasteiger partial charge >= 0.3 is 0 Å². The molecule has 0 amide bonds. The number of benzene rings is 2. The summed E-state index contributed by atoms with van der Waals surface area (Å²) < 4.78 is 5.77. The smallest absolute Gasteiger partial charge is 0.143 e. The first kappa shape index (κ1) is 19.0. The van der Waals surface area contributed by atoms with E-state index in [9.17, 15) is 5.11 Å². The van der Waals surface area contributed by atoms with E-state index in [0.717, 1.165) is 39.4 Å². The van der Waals surface area contributed by atoms with Crippen molar-refractivity contribution in [3.05, 3.63) is 72.6 Å². The van der Waals surface area contributed by atoms with Crippen LogP contribution in [0.25, 0.3) is 22.3 Å². The van der Waals surface area contributed by atoms with Crippen LogP contribution in [0.15, 0.2) is 67.0 Å². The van der Waals surface area contributed by atoms with Crippen molar-refractivity contribution in [2.24, 2.45) is 0 Å². The molecule has 4 aromatic rings. The van der Waals surface area contributed by atoms with E-state index in [1.807, 2.05) is 67.6 Å². The van der Waals surface area contributed by atoms with Gasteiger partial charge < -0.3 is 20.1 Å². The minimum atomic E-state index is -0.0478. The monoisotopic (exact) mass is 388 g/mol. The summed E-state index contributed by atoms with van der Waals surface area (Å²) in [4.78, 5) is 12.2. The normalized spacial score (nSPS) is 12.1. The van der Waals surface area contributed by atoms with Gasteiger partial charge in [-0.2, -0.15) is 0 Å². The Labute approximate surface area is 169 Å². The molecular formula is C23H24N4O2. The number of aliphatic hydroxyl groups excluding tert-OH is 1. The summed E-state index contributed by atoms with van der Waals surface area (Å²) >= 11 is 0. The highest BCUT2D eigenvalue weighted by atomic mass is 16.5. The van der Waals surface area contributed by atoms with E-state index in [0.29, 0.717) is 13.0 Å². The number of nitrogens with one attached hydrogen (secondary N) is 2. The zero-order valence-electron chi connectivity index (χ0n) is 16.3. The van der Waals surface area contributed by atoms with Gasteiger partial charge in [-0.25, -0.2) is 9.97 Å². The number of fused-ring (bicyclic) bond motifs is 1. The van der Waals surface area contributed by atoms with E-state index in [2.05, 4.69) is 20.3 Å². The molecule has 1 atom stereocenters. The molecule has 0 unspecified atom stereocenters. The van der Waals surface area contributed by atoms with Crippen LogP contribution in [-0.2, 0) is 0 Å². The van der Waals surface area contributed by atoms with Crippen LogP contribution >= 0.6 is 0 Å². The Morgan fingerprint density at radius 1 is 1.07 bits per heavy atom. The van der Waals surface area contributed by atoms with Crippen molar-refractivity contribution in [1.82, 2.24) is 15.0 Å². The number of hydrogen-bond acceptors (Lipinski definition) is 5. The molecule has 0 radical (unpaired) electrons. The highest BCUT2D eigenvalue weighted by Crippen LogP contribution is 2.33. The standard InChI is InChI=1S/C23H24N4O2/c1-2-29-21-11-7-6-10-17(21)20-14-18-22(24-15-25-23(18)27-20)26-19(12-13-28)16-8-4-3-5-9-16/h3-11,14-15,19,28H,2,12-13H2,1H3,(H2,24,25,26,27)/t19-/m1/s1. The lowest BCUT2D eigenvalue weighted by molar-refractivity contribution is 0.280. The number of hydrogen-bond donors (Lipinski definition) is 3. The van der Waals surface area contributed by atoms with Gasteiger partial charge in [-0.05, 0) is 37.1 Å². The summed E-state index contributed by atoms with van der Waals surface area (Å²) in [6.07, 6.45) is 2.13. The van der Waals surface area contributed by atoms with Crippen LogP contribution in [0.2, 0.25) is 0 Å². The van der Waals surface area contributed by atoms with Gasteiger partial charge in [0.2, 0.25) is 0 Å². The fraction of sp³-hybridized carbons (Fsp3) is 0.217. The molecule has 6 heteroatoms. The molecule has 0 fully saturated rings. The second-order valence-corrected chi connectivity index (χ2v) is 6.72. The SMILES string of the molecule is CCOc1ccccc1-c1cc2c(N[C@H](CCO)c3ccccc3)ncnc2[nH]1. The highest BCUT2D eigenvalue weighted by Gasteiger charge is 2.16. The molecule has 6 nitrogen and oxygen atoms in total. The van der Waals surface area contributed by atoms with Crippen molar-refractivity contribution in [2.45, 2.75) is 19.4 Å². The van der Waals surface area contributed by atoms with Crippen molar-refractivity contribution >= 4 is 16.9 Å². The van der Waals surface area contributed by atoms with Gasteiger partial charge in [-0.15, -0.1) is 0 Å². The van der Waals surface area contributed by atoms with E-state index in [4.69, 9.17) is 4.74 Å². The first-order valence-corrected chi connectivity index (χ1v) is 9.78. The lowest BCUT2D eigenvalue weighted by atomic mass is 10.0. The predicted molar refractivity (Wildman–Crippen MR) is 115 cm³/mol. The number of rotatable bonds is 8. The van der Waals surface area contributed by atoms with Gasteiger partial charge in [0, 0.05) is 12.2 Å². The number of anilines is 1. The van der Waals surface area contributed by atoms with Crippen LogP contribution in [0, 0.1) is 0 Å². The number of ether oxygens (including phenoxy) is 1. The van der Waals surface area contributed by atoms with Gasteiger partial charge in [0.15, 0.2) is 0 Å². The fourth-order valence-electron chi connectivity index (χ4n) is 3.47. The van der Waals surface area contributed by atoms with E-state index in [1.165, 1.54) is 0 Å². The summed E-state index contributed by atoms with van der Waals surface area (Å²) in [6.45, 7) is 2.66. The number of para-hydroxylation sites is 1. The maximum Gasteiger partial charge on any atom is 0.143 e. The summed E-state index contributed by atoms with van der Waals surface area (Å²) in [5.41, 5.74) is 3.75. The topological polar surface area (TPSA) is 83.1 Å². The third kappa shape index (κ3) is 4.07. The molecule has 4 rings (SSSR count). The molecule has 2 heterocycles. The van der Waals surface area contributed by atoms with Crippen LogP contribution in [0.1, 0.15) is 24.9 Å². The summed E-state index contributed by atoms with van der Waals surface area (Å²) in [6, 6.07) is 20.0. The maximum absolute atomic E-state index is 9.53. The van der Waals surface area contributed by atoms with E-state index < -0.39 is 0 Å². The van der Waals surface area contributed by atoms with Gasteiger partial charge in [0.25, 0.3) is 0 Å². The molecule has 0 aliphatic rings. The molecule has 0 aliphatic heterocycles. The lowest BCUT2D eigenvalue weighted by Gasteiger charge is -2.19. The average molecular weight is 388 g/mol.